The molecule has 1 aromatic carbocycles. The molecule has 0 saturated carbocycles. The summed E-state index contributed by atoms with van der Waals surface area (Å²) in [6, 6.07) is 7.48. The highest BCUT2D eigenvalue weighted by Gasteiger charge is 2.07. The Bertz CT molecular complexity index is 430. The number of rotatable bonds is 6. The number of hydrogen-bond donors (Lipinski definition) is 2. The van der Waals surface area contributed by atoms with Crippen LogP contribution in [-0.2, 0) is 10.1 Å². The molecule has 0 radical (unpaired) electrons. The molecule has 0 aliphatic carbocycles. The molecule has 0 heterocycles. The van der Waals surface area contributed by atoms with E-state index in [1.807, 2.05) is 26.0 Å². The zero-order chi connectivity index (χ0) is 14.3. The fourth-order valence-electron chi connectivity index (χ4n) is 1.53. The SMILES string of the molecule is CC(C)NC(=O)CCNC(=O)c1ccc(CBr)cc1. The van der Waals surface area contributed by atoms with E-state index in [2.05, 4.69) is 26.6 Å². The van der Waals surface area contributed by atoms with Crippen LogP contribution in [-0.4, -0.2) is 24.4 Å². The summed E-state index contributed by atoms with van der Waals surface area (Å²) >= 11 is 3.35. The predicted molar refractivity (Wildman–Crippen MR) is 79.3 cm³/mol. The van der Waals surface area contributed by atoms with E-state index >= 15 is 0 Å². The zero-order valence-electron chi connectivity index (χ0n) is 11.2. The van der Waals surface area contributed by atoms with Crippen molar-refractivity contribution in [1.29, 1.82) is 0 Å². The van der Waals surface area contributed by atoms with Crippen molar-refractivity contribution in [3.63, 3.8) is 0 Å². The first-order valence-electron chi connectivity index (χ1n) is 6.25. The maximum atomic E-state index is 11.8. The number of carbonyl (C=O) groups excluding carboxylic acids is 2. The molecule has 0 bridgehead atoms. The number of amides is 2. The summed E-state index contributed by atoms with van der Waals surface area (Å²) < 4.78 is 0. The van der Waals surface area contributed by atoms with Gasteiger partial charge in [0.2, 0.25) is 5.91 Å². The summed E-state index contributed by atoms with van der Waals surface area (Å²) in [6.07, 6.45) is 0.295. The van der Waals surface area contributed by atoms with Crippen LogP contribution in [0.25, 0.3) is 0 Å². The molecule has 0 spiro atoms. The van der Waals surface area contributed by atoms with E-state index in [4.69, 9.17) is 0 Å². The molecular formula is C14H19BrN2O2. The van der Waals surface area contributed by atoms with Crippen molar-refractivity contribution in [3.8, 4) is 0 Å². The second-order valence-electron chi connectivity index (χ2n) is 4.56. The monoisotopic (exact) mass is 326 g/mol. The van der Waals surface area contributed by atoms with E-state index in [-0.39, 0.29) is 17.9 Å². The lowest BCUT2D eigenvalue weighted by Crippen LogP contribution is -2.34. The van der Waals surface area contributed by atoms with Gasteiger partial charge in [-0.2, -0.15) is 0 Å². The Morgan fingerprint density at radius 1 is 1.21 bits per heavy atom. The van der Waals surface area contributed by atoms with Crippen molar-refractivity contribution in [2.75, 3.05) is 6.54 Å². The molecule has 0 saturated heterocycles. The summed E-state index contributed by atoms with van der Waals surface area (Å²) in [5.41, 5.74) is 1.72. The number of halogens is 1. The lowest BCUT2D eigenvalue weighted by Gasteiger charge is -2.09. The molecule has 2 N–H and O–H groups in total. The Balaban J connectivity index is 2.36. The molecule has 0 aliphatic heterocycles. The van der Waals surface area contributed by atoms with E-state index in [1.54, 1.807) is 12.1 Å². The van der Waals surface area contributed by atoms with Crippen LogP contribution in [0.5, 0.6) is 0 Å². The van der Waals surface area contributed by atoms with Crippen molar-refractivity contribution >= 4 is 27.7 Å². The molecule has 1 aromatic rings. The minimum Gasteiger partial charge on any atom is -0.354 e. The second-order valence-corrected chi connectivity index (χ2v) is 5.12. The molecule has 0 atom stereocenters. The van der Waals surface area contributed by atoms with Gasteiger partial charge in [-0.05, 0) is 31.5 Å². The molecule has 1 rings (SSSR count). The summed E-state index contributed by atoms with van der Waals surface area (Å²) in [7, 11) is 0. The first kappa shape index (κ1) is 15.7. The maximum absolute atomic E-state index is 11.8. The predicted octanol–water partition coefficient (Wildman–Crippen LogP) is 2.23. The Kier molecular flexibility index (Phi) is 6.56. The van der Waals surface area contributed by atoms with E-state index in [9.17, 15) is 9.59 Å². The fraction of sp³-hybridized carbons (Fsp3) is 0.429. The third kappa shape index (κ3) is 5.87. The third-order valence-electron chi connectivity index (χ3n) is 2.46. The van der Waals surface area contributed by atoms with Crippen LogP contribution in [0.1, 0.15) is 36.2 Å². The van der Waals surface area contributed by atoms with Crippen molar-refractivity contribution in [1.82, 2.24) is 10.6 Å². The Hall–Kier alpha value is -1.36. The summed E-state index contributed by atoms with van der Waals surface area (Å²) in [5.74, 6) is -0.205. The number of benzene rings is 1. The molecule has 19 heavy (non-hydrogen) atoms. The third-order valence-corrected chi connectivity index (χ3v) is 3.11. The van der Waals surface area contributed by atoms with Crippen molar-refractivity contribution in [2.45, 2.75) is 31.6 Å². The minimum absolute atomic E-state index is 0.0510. The van der Waals surface area contributed by atoms with E-state index in [0.29, 0.717) is 18.5 Å². The van der Waals surface area contributed by atoms with Crippen LogP contribution in [0.4, 0.5) is 0 Å². The van der Waals surface area contributed by atoms with Crippen LogP contribution in [0.2, 0.25) is 0 Å². The van der Waals surface area contributed by atoms with Gasteiger partial charge in [0.05, 0.1) is 0 Å². The topological polar surface area (TPSA) is 58.2 Å². The fourth-order valence-corrected chi connectivity index (χ4v) is 1.90. The van der Waals surface area contributed by atoms with Gasteiger partial charge in [0.25, 0.3) is 5.91 Å². The Morgan fingerprint density at radius 3 is 2.37 bits per heavy atom. The smallest absolute Gasteiger partial charge is 0.251 e. The number of alkyl halides is 1. The minimum atomic E-state index is -0.154. The van der Waals surface area contributed by atoms with Crippen LogP contribution in [0, 0.1) is 0 Å². The quantitative estimate of drug-likeness (QED) is 0.787. The lowest BCUT2D eigenvalue weighted by atomic mass is 10.1. The van der Waals surface area contributed by atoms with Crippen LogP contribution < -0.4 is 10.6 Å². The van der Waals surface area contributed by atoms with Crippen LogP contribution in [0.3, 0.4) is 0 Å². The molecule has 0 unspecified atom stereocenters. The van der Waals surface area contributed by atoms with Crippen LogP contribution >= 0.6 is 15.9 Å². The Morgan fingerprint density at radius 2 is 1.84 bits per heavy atom. The van der Waals surface area contributed by atoms with E-state index in [1.165, 1.54) is 0 Å². The van der Waals surface area contributed by atoms with Gasteiger partial charge in [-0.1, -0.05) is 28.1 Å². The van der Waals surface area contributed by atoms with E-state index in [0.717, 1.165) is 10.9 Å². The number of carbonyl (C=O) groups is 2. The first-order chi connectivity index (χ1) is 9.02. The highest BCUT2D eigenvalue weighted by atomic mass is 79.9. The molecule has 104 valence electrons. The van der Waals surface area contributed by atoms with Crippen molar-refractivity contribution in [2.24, 2.45) is 0 Å². The van der Waals surface area contributed by atoms with Crippen molar-refractivity contribution < 1.29 is 9.59 Å². The average Bonchev–Trinajstić information content (AvgIpc) is 2.37. The van der Waals surface area contributed by atoms with Crippen LogP contribution in [0.15, 0.2) is 24.3 Å². The van der Waals surface area contributed by atoms with E-state index < -0.39 is 0 Å². The summed E-state index contributed by atoms with van der Waals surface area (Å²) in [6.45, 7) is 4.15. The molecule has 0 aliphatic rings. The Labute approximate surface area is 122 Å². The van der Waals surface area contributed by atoms with Gasteiger partial charge >= 0.3 is 0 Å². The van der Waals surface area contributed by atoms with Gasteiger partial charge in [-0.25, -0.2) is 0 Å². The first-order valence-corrected chi connectivity index (χ1v) is 7.37. The van der Waals surface area contributed by atoms with Gasteiger partial charge in [0.1, 0.15) is 0 Å². The summed E-state index contributed by atoms with van der Waals surface area (Å²) in [5, 5.41) is 6.27. The maximum Gasteiger partial charge on any atom is 0.251 e. The van der Waals surface area contributed by atoms with Gasteiger partial charge in [-0.3, -0.25) is 9.59 Å². The molecule has 2 amide bonds. The lowest BCUT2D eigenvalue weighted by molar-refractivity contribution is -0.121. The van der Waals surface area contributed by atoms with Gasteiger partial charge < -0.3 is 10.6 Å². The number of nitrogens with one attached hydrogen (secondary N) is 2. The second kappa shape index (κ2) is 7.94. The average molecular weight is 327 g/mol. The van der Waals surface area contributed by atoms with Gasteiger partial charge in [0.15, 0.2) is 0 Å². The molecule has 0 aromatic heterocycles. The highest BCUT2D eigenvalue weighted by Crippen LogP contribution is 2.07. The molecule has 0 fully saturated rings. The number of hydrogen-bond acceptors (Lipinski definition) is 2. The largest absolute Gasteiger partial charge is 0.354 e. The van der Waals surface area contributed by atoms with Gasteiger partial charge in [0, 0.05) is 29.9 Å². The zero-order valence-corrected chi connectivity index (χ0v) is 12.8. The normalized spacial score (nSPS) is 10.3. The molecular weight excluding hydrogens is 308 g/mol. The highest BCUT2D eigenvalue weighted by molar-refractivity contribution is 9.08. The van der Waals surface area contributed by atoms with Gasteiger partial charge in [-0.15, -0.1) is 0 Å². The molecule has 5 heteroatoms. The standard InChI is InChI=1S/C14H19BrN2O2/c1-10(2)17-13(18)7-8-16-14(19)12-5-3-11(9-15)4-6-12/h3-6,10H,7-9H2,1-2H3,(H,16,19)(H,17,18). The van der Waals surface area contributed by atoms with Crippen molar-refractivity contribution in [3.05, 3.63) is 35.4 Å². The summed E-state index contributed by atoms with van der Waals surface area (Å²) in [4.78, 5) is 23.2. The molecule has 4 nitrogen and oxygen atoms in total.